The Balaban J connectivity index is 1.74. The Bertz CT molecular complexity index is 467. The lowest BCUT2D eigenvalue weighted by molar-refractivity contribution is -0.126. The molecule has 1 fully saturated rings. The molecule has 3 N–H and O–H groups in total. The number of nitrogens with one attached hydrogen (secondary N) is 1. The molecule has 0 bridgehead atoms. The van der Waals surface area contributed by atoms with Gasteiger partial charge in [0.2, 0.25) is 5.91 Å². The highest BCUT2D eigenvalue weighted by Crippen LogP contribution is 2.37. The van der Waals surface area contributed by atoms with Gasteiger partial charge in [-0.05, 0) is 36.3 Å². The fraction of sp³-hybridized carbons (Fsp3) is 0.533. The molecule has 0 aliphatic heterocycles. The van der Waals surface area contributed by atoms with E-state index >= 15 is 0 Å². The highest BCUT2D eigenvalue weighted by molar-refractivity contribution is 5.79. The molecule has 1 aromatic carbocycles. The van der Waals surface area contributed by atoms with Gasteiger partial charge in [-0.15, -0.1) is 0 Å². The monoisotopic (exact) mass is 244 g/mol. The van der Waals surface area contributed by atoms with Crippen molar-refractivity contribution in [3.63, 3.8) is 0 Å². The fourth-order valence-electron chi connectivity index (χ4n) is 2.91. The largest absolute Gasteiger partial charge is 0.347 e. The summed E-state index contributed by atoms with van der Waals surface area (Å²) in [6.45, 7) is 2.03. The first-order valence-corrected chi connectivity index (χ1v) is 6.80. The van der Waals surface area contributed by atoms with Crippen molar-refractivity contribution in [2.24, 2.45) is 17.6 Å². The Morgan fingerprint density at radius 1 is 1.39 bits per heavy atom. The SMILES string of the molecule is CC(C(=O)NC1c2ccccc2CC1N)C1CC1. The van der Waals surface area contributed by atoms with Gasteiger partial charge in [0.05, 0.1) is 6.04 Å². The molecule has 3 unspecified atom stereocenters. The van der Waals surface area contributed by atoms with Crippen LogP contribution in [-0.4, -0.2) is 11.9 Å². The molecule has 96 valence electrons. The van der Waals surface area contributed by atoms with Crippen LogP contribution in [0.15, 0.2) is 24.3 Å². The van der Waals surface area contributed by atoms with Crippen LogP contribution >= 0.6 is 0 Å². The molecular weight excluding hydrogens is 224 g/mol. The van der Waals surface area contributed by atoms with E-state index in [2.05, 4.69) is 17.4 Å². The number of hydrogen-bond donors (Lipinski definition) is 2. The molecule has 3 rings (SSSR count). The van der Waals surface area contributed by atoms with Gasteiger partial charge in [-0.25, -0.2) is 0 Å². The third kappa shape index (κ3) is 2.03. The van der Waals surface area contributed by atoms with Crippen molar-refractivity contribution >= 4 is 5.91 Å². The predicted octanol–water partition coefficient (Wildman–Crippen LogP) is 1.77. The lowest BCUT2D eigenvalue weighted by Crippen LogP contribution is -2.41. The van der Waals surface area contributed by atoms with E-state index in [4.69, 9.17) is 5.73 Å². The van der Waals surface area contributed by atoms with Crippen LogP contribution in [0.5, 0.6) is 0 Å². The van der Waals surface area contributed by atoms with Crippen LogP contribution in [0.3, 0.4) is 0 Å². The third-order valence-corrected chi connectivity index (χ3v) is 4.31. The predicted molar refractivity (Wildman–Crippen MR) is 70.9 cm³/mol. The summed E-state index contributed by atoms with van der Waals surface area (Å²) >= 11 is 0. The normalized spacial score (nSPS) is 27.7. The molecule has 0 heterocycles. The van der Waals surface area contributed by atoms with E-state index in [0.29, 0.717) is 5.92 Å². The second-order valence-electron chi connectivity index (χ2n) is 5.68. The Hall–Kier alpha value is -1.35. The number of nitrogens with two attached hydrogens (primary N) is 1. The molecule has 2 aliphatic carbocycles. The first kappa shape index (κ1) is 11.7. The van der Waals surface area contributed by atoms with Crippen LogP contribution in [0.25, 0.3) is 0 Å². The van der Waals surface area contributed by atoms with Crippen molar-refractivity contribution in [2.75, 3.05) is 0 Å². The Labute approximate surface area is 108 Å². The minimum atomic E-state index is -0.00472. The van der Waals surface area contributed by atoms with Crippen molar-refractivity contribution in [1.82, 2.24) is 5.32 Å². The number of hydrogen-bond acceptors (Lipinski definition) is 2. The molecule has 0 spiro atoms. The zero-order chi connectivity index (χ0) is 12.7. The van der Waals surface area contributed by atoms with Gasteiger partial charge in [-0.2, -0.15) is 0 Å². The maximum atomic E-state index is 12.2. The van der Waals surface area contributed by atoms with Crippen molar-refractivity contribution in [2.45, 2.75) is 38.3 Å². The van der Waals surface area contributed by atoms with E-state index in [1.807, 2.05) is 19.1 Å². The van der Waals surface area contributed by atoms with Crippen LogP contribution in [0.1, 0.15) is 36.9 Å². The zero-order valence-corrected chi connectivity index (χ0v) is 10.7. The Morgan fingerprint density at radius 2 is 2.11 bits per heavy atom. The van der Waals surface area contributed by atoms with Crippen molar-refractivity contribution < 1.29 is 4.79 Å². The molecule has 0 radical (unpaired) electrons. The zero-order valence-electron chi connectivity index (χ0n) is 10.7. The second kappa shape index (κ2) is 4.39. The van der Waals surface area contributed by atoms with Gasteiger partial charge < -0.3 is 11.1 Å². The summed E-state index contributed by atoms with van der Waals surface area (Å²) in [4.78, 5) is 12.2. The molecule has 1 aromatic rings. The van der Waals surface area contributed by atoms with Gasteiger partial charge in [0.1, 0.15) is 0 Å². The molecule has 1 amide bonds. The van der Waals surface area contributed by atoms with Gasteiger partial charge in [0.25, 0.3) is 0 Å². The average molecular weight is 244 g/mol. The summed E-state index contributed by atoms with van der Waals surface area (Å²) in [6, 6.07) is 8.23. The van der Waals surface area contributed by atoms with Crippen LogP contribution in [0.4, 0.5) is 0 Å². The number of amides is 1. The number of fused-ring (bicyclic) bond motifs is 1. The first-order chi connectivity index (χ1) is 8.66. The summed E-state index contributed by atoms with van der Waals surface area (Å²) < 4.78 is 0. The molecule has 18 heavy (non-hydrogen) atoms. The van der Waals surface area contributed by atoms with E-state index in [1.54, 1.807) is 0 Å². The Kier molecular flexibility index (Phi) is 2.86. The molecular formula is C15H20N2O. The van der Waals surface area contributed by atoms with Crippen LogP contribution in [-0.2, 0) is 11.2 Å². The molecule has 0 aromatic heterocycles. The first-order valence-electron chi connectivity index (χ1n) is 6.80. The third-order valence-electron chi connectivity index (χ3n) is 4.31. The molecule has 3 nitrogen and oxygen atoms in total. The lowest BCUT2D eigenvalue weighted by atomic mass is 10.0. The van der Waals surface area contributed by atoms with Crippen molar-refractivity contribution in [1.29, 1.82) is 0 Å². The van der Waals surface area contributed by atoms with Crippen molar-refractivity contribution in [3.05, 3.63) is 35.4 Å². The number of carbonyl (C=O) groups is 1. The van der Waals surface area contributed by atoms with E-state index in [-0.39, 0.29) is 23.9 Å². The summed E-state index contributed by atoms with van der Waals surface area (Å²) in [7, 11) is 0. The summed E-state index contributed by atoms with van der Waals surface area (Å²) in [5.41, 5.74) is 8.62. The summed E-state index contributed by atoms with van der Waals surface area (Å²) in [5, 5.41) is 3.14. The minimum Gasteiger partial charge on any atom is -0.347 e. The molecule has 2 aliphatic rings. The quantitative estimate of drug-likeness (QED) is 0.851. The summed E-state index contributed by atoms with van der Waals surface area (Å²) in [6.07, 6.45) is 3.25. The molecule has 3 atom stereocenters. The van der Waals surface area contributed by atoms with Gasteiger partial charge in [-0.3, -0.25) is 4.79 Å². The molecule has 0 saturated heterocycles. The van der Waals surface area contributed by atoms with E-state index in [0.717, 1.165) is 6.42 Å². The van der Waals surface area contributed by atoms with Gasteiger partial charge in [0, 0.05) is 12.0 Å². The number of carbonyl (C=O) groups excluding carboxylic acids is 1. The highest BCUT2D eigenvalue weighted by Gasteiger charge is 2.36. The average Bonchev–Trinajstić information content (AvgIpc) is 3.15. The standard InChI is InChI=1S/C15H20N2O/c1-9(10-6-7-10)15(18)17-14-12-5-3-2-4-11(12)8-13(14)16/h2-5,9-10,13-14H,6-8,16H2,1H3,(H,17,18). The maximum Gasteiger partial charge on any atom is 0.223 e. The van der Waals surface area contributed by atoms with Gasteiger partial charge in [0.15, 0.2) is 0 Å². The van der Waals surface area contributed by atoms with E-state index < -0.39 is 0 Å². The summed E-state index contributed by atoms with van der Waals surface area (Å²) in [5.74, 6) is 0.887. The van der Waals surface area contributed by atoms with Crippen LogP contribution in [0, 0.1) is 11.8 Å². The highest BCUT2D eigenvalue weighted by atomic mass is 16.2. The number of rotatable bonds is 3. The van der Waals surface area contributed by atoms with E-state index in [1.165, 1.54) is 24.0 Å². The smallest absolute Gasteiger partial charge is 0.223 e. The number of benzene rings is 1. The van der Waals surface area contributed by atoms with Crippen LogP contribution in [0.2, 0.25) is 0 Å². The minimum absolute atomic E-state index is 0.00472. The van der Waals surface area contributed by atoms with E-state index in [9.17, 15) is 4.79 Å². The topological polar surface area (TPSA) is 55.1 Å². The van der Waals surface area contributed by atoms with Crippen molar-refractivity contribution in [3.8, 4) is 0 Å². The molecule has 1 saturated carbocycles. The fourth-order valence-corrected chi connectivity index (χ4v) is 2.91. The lowest BCUT2D eigenvalue weighted by Gasteiger charge is -2.21. The van der Waals surface area contributed by atoms with Gasteiger partial charge in [-0.1, -0.05) is 31.2 Å². The van der Waals surface area contributed by atoms with Crippen LogP contribution < -0.4 is 11.1 Å². The maximum absolute atomic E-state index is 12.2. The molecule has 3 heteroatoms. The Morgan fingerprint density at radius 3 is 2.83 bits per heavy atom. The van der Waals surface area contributed by atoms with Gasteiger partial charge >= 0.3 is 0 Å². The second-order valence-corrected chi connectivity index (χ2v) is 5.68.